The highest BCUT2D eigenvalue weighted by atomic mass is 16.5. The van der Waals surface area contributed by atoms with E-state index in [1.165, 1.54) is 6.92 Å². The number of benzene rings is 1. The molecule has 2 rings (SSSR count). The van der Waals surface area contributed by atoms with Crippen LogP contribution in [0.15, 0.2) is 18.2 Å². The fourth-order valence-corrected chi connectivity index (χ4v) is 2.19. The number of nitrogens with zero attached hydrogens (tertiary/aromatic N) is 1. The van der Waals surface area contributed by atoms with Gasteiger partial charge < -0.3 is 18.8 Å². The molecule has 0 saturated carbocycles. The van der Waals surface area contributed by atoms with Crippen LogP contribution in [0, 0.1) is 0 Å². The van der Waals surface area contributed by atoms with Crippen LogP contribution in [-0.2, 0) is 16.6 Å². The van der Waals surface area contributed by atoms with Gasteiger partial charge in [0.05, 0.1) is 19.2 Å². The number of hydrogen-bond acceptors (Lipinski definition) is 5. The molecule has 6 heteroatoms. The fraction of sp³-hybridized carbons (Fsp3) is 0.333. The van der Waals surface area contributed by atoms with Gasteiger partial charge in [-0.3, -0.25) is 4.79 Å². The minimum atomic E-state index is -0.536. The van der Waals surface area contributed by atoms with E-state index in [9.17, 15) is 9.59 Å². The summed E-state index contributed by atoms with van der Waals surface area (Å²) in [5.41, 5.74) is 0.949. The Kier molecular flexibility index (Phi) is 4.16. The molecule has 0 unspecified atom stereocenters. The quantitative estimate of drug-likeness (QED) is 0.808. The van der Waals surface area contributed by atoms with Gasteiger partial charge in [0.15, 0.2) is 11.4 Å². The van der Waals surface area contributed by atoms with E-state index in [0.29, 0.717) is 11.1 Å². The molecule has 0 radical (unpaired) electrons. The maximum atomic E-state index is 12.1. The summed E-state index contributed by atoms with van der Waals surface area (Å²) in [6.07, 6.45) is 0. The summed E-state index contributed by atoms with van der Waals surface area (Å²) in [6.45, 7) is 3.24. The number of carbonyl (C=O) groups excluding carboxylic acids is 2. The van der Waals surface area contributed by atoms with Crippen LogP contribution in [0.2, 0.25) is 0 Å². The van der Waals surface area contributed by atoms with Crippen LogP contribution in [0.1, 0.15) is 24.3 Å². The summed E-state index contributed by atoms with van der Waals surface area (Å²) in [4.78, 5) is 23.5. The van der Waals surface area contributed by atoms with E-state index in [0.717, 1.165) is 5.52 Å². The fourth-order valence-electron chi connectivity index (χ4n) is 2.19. The molecule has 0 spiro atoms. The summed E-state index contributed by atoms with van der Waals surface area (Å²) in [6, 6.07) is 5.29. The summed E-state index contributed by atoms with van der Waals surface area (Å²) in [5.74, 6) is -0.239. The maximum Gasteiger partial charge on any atom is 0.358 e. The molecular formula is C15H17NO5. The zero-order valence-corrected chi connectivity index (χ0v) is 12.4. The molecule has 0 N–H and O–H groups in total. The van der Waals surface area contributed by atoms with Crippen molar-refractivity contribution in [2.24, 2.45) is 7.05 Å². The number of hydrogen-bond donors (Lipinski definition) is 0. The van der Waals surface area contributed by atoms with Crippen molar-refractivity contribution < 1.29 is 23.8 Å². The largest absolute Gasteiger partial charge is 0.497 e. The molecule has 0 saturated heterocycles. The Bertz CT molecular complexity index is 702. The van der Waals surface area contributed by atoms with E-state index >= 15 is 0 Å². The SMILES string of the molecule is CCOC(=O)c1c(OC(C)=O)c2cc(OC)ccc2n1C. The van der Waals surface area contributed by atoms with Crippen LogP contribution in [-0.4, -0.2) is 30.2 Å². The van der Waals surface area contributed by atoms with Gasteiger partial charge in [0.25, 0.3) is 0 Å². The predicted octanol–water partition coefficient (Wildman–Crippen LogP) is 2.29. The van der Waals surface area contributed by atoms with Crippen molar-refractivity contribution in [3.63, 3.8) is 0 Å². The van der Waals surface area contributed by atoms with Gasteiger partial charge in [0.2, 0.25) is 0 Å². The number of rotatable bonds is 4. The molecule has 0 bridgehead atoms. The number of carbonyl (C=O) groups is 2. The molecule has 2 aromatic rings. The van der Waals surface area contributed by atoms with Crippen molar-refractivity contribution in [2.45, 2.75) is 13.8 Å². The van der Waals surface area contributed by atoms with E-state index in [1.54, 1.807) is 43.8 Å². The van der Waals surface area contributed by atoms with Crippen LogP contribution in [0.25, 0.3) is 10.9 Å². The molecule has 1 aromatic heterocycles. The Labute approximate surface area is 122 Å². The van der Waals surface area contributed by atoms with Gasteiger partial charge in [-0.2, -0.15) is 0 Å². The van der Waals surface area contributed by atoms with Crippen molar-refractivity contribution in [1.29, 1.82) is 0 Å². The third-order valence-corrected chi connectivity index (χ3v) is 3.07. The van der Waals surface area contributed by atoms with Crippen molar-refractivity contribution in [3.8, 4) is 11.5 Å². The van der Waals surface area contributed by atoms with Gasteiger partial charge in [0, 0.05) is 19.4 Å². The molecule has 21 heavy (non-hydrogen) atoms. The van der Waals surface area contributed by atoms with E-state index < -0.39 is 11.9 Å². The van der Waals surface area contributed by atoms with Crippen molar-refractivity contribution in [2.75, 3.05) is 13.7 Å². The molecular weight excluding hydrogens is 274 g/mol. The third kappa shape index (κ3) is 2.69. The number of fused-ring (bicyclic) bond motifs is 1. The molecule has 0 amide bonds. The number of aryl methyl sites for hydroxylation is 1. The Morgan fingerprint density at radius 3 is 2.57 bits per heavy atom. The van der Waals surface area contributed by atoms with Crippen molar-refractivity contribution in [1.82, 2.24) is 4.57 Å². The molecule has 0 aliphatic heterocycles. The number of esters is 2. The van der Waals surface area contributed by atoms with Gasteiger partial charge >= 0.3 is 11.9 Å². The topological polar surface area (TPSA) is 66.8 Å². The van der Waals surface area contributed by atoms with E-state index in [1.807, 2.05) is 0 Å². The third-order valence-electron chi connectivity index (χ3n) is 3.07. The zero-order chi connectivity index (χ0) is 15.6. The summed E-state index contributed by atoms with van der Waals surface area (Å²) >= 11 is 0. The van der Waals surface area contributed by atoms with E-state index in [4.69, 9.17) is 14.2 Å². The first kappa shape index (κ1) is 14.9. The normalized spacial score (nSPS) is 10.5. The maximum absolute atomic E-state index is 12.1. The molecule has 0 aliphatic rings. The highest BCUT2D eigenvalue weighted by molar-refractivity contribution is 6.03. The smallest absolute Gasteiger partial charge is 0.358 e. The minimum absolute atomic E-state index is 0.192. The van der Waals surface area contributed by atoms with Crippen LogP contribution in [0.5, 0.6) is 11.5 Å². The summed E-state index contributed by atoms with van der Waals surface area (Å²) < 4.78 is 17.1. The zero-order valence-electron chi connectivity index (χ0n) is 12.4. The first-order chi connectivity index (χ1) is 9.99. The average Bonchev–Trinajstić information content (AvgIpc) is 2.71. The minimum Gasteiger partial charge on any atom is -0.497 e. The van der Waals surface area contributed by atoms with Gasteiger partial charge in [-0.25, -0.2) is 4.79 Å². The van der Waals surface area contributed by atoms with Gasteiger partial charge in [-0.15, -0.1) is 0 Å². The van der Waals surface area contributed by atoms with E-state index in [-0.39, 0.29) is 18.1 Å². The van der Waals surface area contributed by atoms with Gasteiger partial charge in [-0.05, 0) is 25.1 Å². The monoisotopic (exact) mass is 291 g/mol. The van der Waals surface area contributed by atoms with Crippen LogP contribution in [0.4, 0.5) is 0 Å². The average molecular weight is 291 g/mol. The lowest BCUT2D eigenvalue weighted by atomic mass is 10.2. The van der Waals surface area contributed by atoms with Crippen molar-refractivity contribution in [3.05, 3.63) is 23.9 Å². The molecule has 0 atom stereocenters. The Morgan fingerprint density at radius 1 is 1.29 bits per heavy atom. The number of aromatic nitrogens is 1. The second-order valence-electron chi connectivity index (χ2n) is 4.43. The first-order valence-electron chi connectivity index (χ1n) is 6.51. The Balaban J connectivity index is 2.72. The molecule has 1 heterocycles. The summed E-state index contributed by atoms with van der Waals surface area (Å²) in [5, 5.41) is 0.620. The molecule has 0 fully saturated rings. The second-order valence-corrected chi connectivity index (χ2v) is 4.43. The van der Waals surface area contributed by atoms with Gasteiger partial charge in [-0.1, -0.05) is 0 Å². The highest BCUT2D eigenvalue weighted by Gasteiger charge is 2.25. The van der Waals surface area contributed by atoms with Crippen LogP contribution < -0.4 is 9.47 Å². The van der Waals surface area contributed by atoms with Crippen LogP contribution >= 0.6 is 0 Å². The Hall–Kier alpha value is -2.50. The Morgan fingerprint density at radius 2 is 2.00 bits per heavy atom. The first-order valence-corrected chi connectivity index (χ1v) is 6.51. The molecule has 1 aromatic carbocycles. The molecule has 112 valence electrons. The standard InChI is InChI=1S/C15H17NO5/c1-5-20-15(18)13-14(21-9(2)17)11-8-10(19-4)6-7-12(11)16(13)3/h6-8H,5H2,1-4H3. The lowest BCUT2D eigenvalue weighted by molar-refractivity contribution is -0.131. The second kappa shape index (κ2) is 5.87. The van der Waals surface area contributed by atoms with E-state index in [2.05, 4.69) is 0 Å². The van der Waals surface area contributed by atoms with Gasteiger partial charge in [0.1, 0.15) is 5.75 Å². The number of ether oxygens (including phenoxy) is 3. The molecule has 6 nitrogen and oxygen atoms in total. The van der Waals surface area contributed by atoms with Crippen LogP contribution in [0.3, 0.4) is 0 Å². The molecule has 0 aliphatic carbocycles. The highest BCUT2D eigenvalue weighted by Crippen LogP contribution is 2.35. The lowest BCUT2D eigenvalue weighted by Crippen LogP contribution is -2.13. The number of methoxy groups -OCH3 is 1. The van der Waals surface area contributed by atoms with Crippen molar-refractivity contribution >= 4 is 22.8 Å². The predicted molar refractivity (Wildman–Crippen MR) is 76.7 cm³/mol. The lowest BCUT2D eigenvalue weighted by Gasteiger charge is -2.06. The summed E-state index contributed by atoms with van der Waals surface area (Å²) in [7, 11) is 3.26.